The number of rotatable bonds is 6. The fraction of sp³-hybridized carbons (Fsp3) is 0.600. The molecule has 0 amide bonds. The highest BCUT2D eigenvalue weighted by atomic mass is 32.2. The number of piperidine rings is 1. The zero-order valence-corrected chi connectivity index (χ0v) is 19.2. The normalized spacial score (nSPS) is 22.6. The van der Waals surface area contributed by atoms with Gasteiger partial charge in [-0.05, 0) is 39.0 Å². The molecule has 0 aromatic carbocycles. The average molecular weight is 461 g/mol. The molecule has 0 unspecified atom stereocenters. The maximum Gasteiger partial charge on any atom is 0.240 e. The van der Waals surface area contributed by atoms with Gasteiger partial charge in [0.1, 0.15) is 11.5 Å². The molecule has 3 aromatic heterocycles. The zero-order valence-electron chi connectivity index (χ0n) is 18.4. The van der Waals surface area contributed by atoms with E-state index in [4.69, 9.17) is 15.5 Å². The predicted octanol–water partition coefficient (Wildman–Crippen LogP) is 1.80. The van der Waals surface area contributed by atoms with Gasteiger partial charge in [0.2, 0.25) is 21.6 Å². The number of nitrogens with zero attached hydrogens (tertiary/aromatic N) is 6. The zero-order chi connectivity index (χ0) is 22.6. The Kier molecular flexibility index (Phi) is 5.08. The van der Waals surface area contributed by atoms with Crippen LogP contribution in [-0.2, 0) is 10.0 Å². The van der Waals surface area contributed by atoms with E-state index in [0.29, 0.717) is 42.4 Å². The number of nitrogens with one attached hydrogen (secondary N) is 1. The quantitative estimate of drug-likeness (QED) is 0.566. The van der Waals surface area contributed by atoms with Crippen molar-refractivity contribution in [2.75, 3.05) is 18.8 Å². The van der Waals surface area contributed by atoms with Crippen LogP contribution in [0.15, 0.2) is 12.4 Å². The van der Waals surface area contributed by atoms with E-state index in [1.165, 1.54) is 0 Å². The Morgan fingerprint density at radius 3 is 2.66 bits per heavy atom. The van der Waals surface area contributed by atoms with Crippen LogP contribution in [0.25, 0.3) is 16.9 Å². The van der Waals surface area contributed by atoms with E-state index < -0.39 is 10.0 Å². The smallest absolute Gasteiger partial charge is 0.240 e. The molecule has 2 aliphatic rings. The van der Waals surface area contributed by atoms with Crippen molar-refractivity contribution in [1.29, 1.82) is 0 Å². The molecule has 3 N–H and O–H groups in total. The number of ether oxygens (including phenoxy) is 1. The van der Waals surface area contributed by atoms with Gasteiger partial charge < -0.3 is 10.5 Å². The Labute approximate surface area is 186 Å². The highest BCUT2D eigenvalue weighted by Crippen LogP contribution is 2.40. The fourth-order valence-electron chi connectivity index (χ4n) is 4.41. The van der Waals surface area contributed by atoms with Crippen LogP contribution >= 0.6 is 0 Å². The van der Waals surface area contributed by atoms with Gasteiger partial charge in [-0.3, -0.25) is 5.10 Å². The van der Waals surface area contributed by atoms with E-state index in [1.807, 2.05) is 13.8 Å². The Morgan fingerprint density at radius 2 is 2.03 bits per heavy atom. The van der Waals surface area contributed by atoms with Crippen LogP contribution in [0.5, 0.6) is 5.75 Å². The Hall–Kier alpha value is -2.73. The second-order valence-corrected chi connectivity index (χ2v) is 11.2. The van der Waals surface area contributed by atoms with Gasteiger partial charge >= 0.3 is 0 Å². The first-order chi connectivity index (χ1) is 15.3. The van der Waals surface area contributed by atoms with E-state index in [0.717, 1.165) is 18.4 Å². The van der Waals surface area contributed by atoms with Crippen LogP contribution < -0.4 is 10.5 Å². The molecule has 2 fully saturated rings. The summed E-state index contributed by atoms with van der Waals surface area (Å²) < 4.78 is 34.9. The Balaban J connectivity index is 1.58. The molecule has 0 bridgehead atoms. The number of hydrogen-bond acceptors (Lipinski definition) is 8. The molecule has 1 aliphatic heterocycles. The number of aromatic nitrogens is 6. The largest absolute Gasteiger partial charge is 0.485 e. The van der Waals surface area contributed by atoms with Crippen LogP contribution in [0.4, 0.5) is 5.95 Å². The summed E-state index contributed by atoms with van der Waals surface area (Å²) in [6.07, 6.45) is 5.51. The van der Waals surface area contributed by atoms with Crippen molar-refractivity contribution in [3.8, 4) is 17.0 Å². The molecular formula is C20H28N8O3S. The number of hydrogen-bond donors (Lipinski definition) is 2. The van der Waals surface area contributed by atoms with Crippen LogP contribution in [0, 0.1) is 5.92 Å². The van der Waals surface area contributed by atoms with E-state index in [-0.39, 0.29) is 29.1 Å². The maximum absolute atomic E-state index is 12.7. The van der Waals surface area contributed by atoms with Gasteiger partial charge in [0.25, 0.3) is 0 Å². The van der Waals surface area contributed by atoms with Gasteiger partial charge in [-0.1, -0.05) is 6.92 Å². The van der Waals surface area contributed by atoms with Crippen LogP contribution in [0.2, 0.25) is 0 Å². The molecule has 11 nitrogen and oxygen atoms in total. The minimum Gasteiger partial charge on any atom is -0.485 e. The molecule has 172 valence electrons. The number of fused-ring (bicyclic) bond motifs is 1. The first kappa shape index (κ1) is 21.1. The molecule has 1 saturated heterocycles. The van der Waals surface area contributed by atoms with Gasteiger partial charge in [-0.15, -0.1) is 5.10 Å². The third kappa shape index (κ3) is 3.60. The average Bonchev–Trinajstić information content (AvgIpc) is 3.32. The molecule has 5 rings (SSSR count). The van der Waals surface area contributed by atoms with Gasteiger partial charge in [0.15, 0.2) is 5.75 Å². The highest BCUT2D eigenvalue weighted by Gasteiger charge is 2.43. The number of sulfonamides is 1. The maximum atomic E-state index is 12.7. The first-order valence-electron chi connectivity index (χ1n) is 11.0. The lowest BCUT2D eigenvalue weighted by Crippen LogP contribution is -2.44. The third-order valence-electron chi connectivity index (χ3n) is 6.12. The summed E-state index contributed by atoms with van der Waals surface area (Å²) >= 11 is 0. The topological polar surface area (TPSA) is 144 Å². The lowest BCUT2D eigenvalue weighted by Gasteiger charge is -2.36. The van der Waals surface area contributed by atoms with Gasteiger partial charge in [0, 0.05) is 30.8 Å². The molecule has 0 radical (unpaired) electrons. The van der Waals surface area contributed by atoms with Gasteiger partial charge in [-0.2, -0.15) is 14.6 Å². The Bertz CT molecular complexity index is 1230. The number of anilines is 1. The second kappa shape index (κ2) is 7.69. The van der Waals surface area contributed by atoms with Crippen molar-refractivity contribution in [2.45, 2.75) is 57.3 Å². The Morgan fingerprint density at radius 1 is 1.25 bits per heavy atom. The summed E-state index contributed by atoms with van der Waals surface area (Å²) in [5.41, 5.74) is 7.86. The number of nitrogen functional groups attached to an aromatic ring is 1. The summed E-state index contributed by atoms with van der Waals surface area (Å²) in [7, 11) is -3.20. The van der Waals surface area contributed by atoms with E-state index in [2.05, 4.69) is 27.2 Å². The van der Waals surface area contributed by atoms with Crippen molar-refractivity contribution in [1.82, 2.24) is 34.1 Å². The van der Waals surface area contributed by atoms with Crippen LogP contribution in [-0.4, -0.2) is 66.9 Å². The molecule has 0 spiro atoms. The standard InChI is InChI=1S/C20H28N8O3S/c1-11(2)31-17-16(13-8-22-23-9-13)24-18(28-19(17)25-20(21)26-28)15-6-7-27(10-12(15)3)32(29,30)14-4-5-14/h8-9,11-12,14-15H,4-7,10H2,1-3H3,(H2,21,26)(H,22,23)/t12-,15-/m0/s1. The van der Waals surface area contributed by atoms with Gasteiger partial charge in [0.05, 0.1) is 17.6 Å². The first-order valence-corrected chi connectivity index (χ1v) is 12.5. The number of aromatic amines is 1. The molecule has 1 saturated carbocycles. The van der Waals surface area contributed by atoms with Crippen molar-refractivity contribution in [3.05, 3.63) is 18.2 Å². The fourth-order valence-corrected chi connectivity index (χ4v) is 6.37. The number of H-pyrrole nitrogens is 1. The van der Waals surface area contributed by atoms with Crippen molar-refractivity contribution >= 4 is 21.6 Å². The third-order valence-corrected chi connectivity index (χ3v) is 8.48. The molecule has 4 heterocycles. The summed E-state index contributed by atoms with van der Waals surface area (Å²) in [5, 5.41) is 11.1. The van der Waals surface area contributed by atoms with Gasteiger partial charge in [-0.25, -0.2) is 17.7 Å². The van der Waals surface area contributed by atoms with E-state index in [1.54, 1.807) is 21.2 Å². The number of nitrogens with two attached hydrogens (primary N) is 1. The highest BCUT2D eigenvalue weighted by molar-refractivity contribution is 7.90. The summed E-state index contributed by atoms with van der Waals surface area (Å²) in [4.78, 5) is 9.40. The SMILES string of the molecule is CC(C)Oc1c(-c2cn[nH]c2)nc([C@H]2CCN(S(=O)(=O)C3CC3)C[C@@H]2C)n2nc(N)nc12. The lowest BCUT2D eigenvalue weighted by atomic mass is 9.87. The van der Waals surface area contributed by atoms with Crippen molar-refractivity contribution in [2.24, 2.45) is 5.92 Å². The van der Waals surface area contributed by atoms with Crippen molar-refractivity contribution in [3.63, 3.8) is 0 Å². The summed E-state index contributed by atoms with van der Waals surface area (Å²) in [6, 6.07) is 0. The summed E-state index contributed by atoms with van der Waals surface area (Å²) in [5.74, 6) is 1.37. The van der Waals surface area contributed by atoms with Crippen LogP contribution in [0.1, 0.15) is 51.8 Å². The molecular weight excluding hydrogens is 432 g/mol. The monoisotopic (exact) mass is 460 g/mol. The lowest BCUT2D eigenvalue weighted by molar-refractivity contribution is 0.235. The van der Waals surface area contributed by atoms with Crippen molar-refractivity contribution < 1.29 is 13.2 Å². The molecule has 32 heavy (non-hydrogen) atoms. The summed E-state index contributed by atoms with van der Waals surface area (Å²) in [6.45, 7) is 6.85. The predicted molar refractivity (Wildman–Crippen MR) is 119 cm³/mol. The van der Waals surface area contributed by atoms with Crippen LogP contribution in [0.3, 0.4) is 0 Å². The molecule has 12 heteroatoms. The van der Waals surface area contributed by atoms with E-state index in [9.17, 15) is 8.42 Å². The minimum absolute atomic E-state index is 0.0111. The molecule has 3 aromatic rings. The van der Waals surface area contributed by atoms with E-state index >= 15 is 0 Å². The molecule has 2 atom stereocenters. The second-order valence-electron chi connectivity index (χ2n) is 8.98. The molecule has 1 aliphatic carbocycles. The minimum atomic E-state index is -3.20.